The van der Waals surface area contributed by atoms with Gasteiger partial charge in [0.2, 0.25) is 11.8 Å². The summed E-state index contributed by atoms with van der Waals surface area (Å²) in [4.78, 5) is 26.5. The van der Waals surface area contributed by atoms with Crippen LogP contribution in [-0.2, 0) is 14.3 Å². The summed E-state index contributed by atoms with van der Waals surface area (Å²) < 4.78 is 5.43. The van der Waals surface area contributed by atoms with Gasteiger partial charge in [0.25, 0.3) is 0 Å². The fourth-order valence-electron chi connectivity index (χ4n) is 3.19. The molecule has 2 heterocycles. The molecule has 112 valence electrons. The van der Waals surface area contributed by atoms with Crippen molar-refractivity contribution >= 4 is 11.8 Å². The molecular weight excluding hydrogens is 268 g/mol. The van der Waals surface area contributed by atoms with Gasteiger partial charge in [0, 0.05) is 18.6 Å². The molecule has 5 heteroatoms. The molecular formula is C16H20N2O3. The summed E-state index contributed by atoms with van der Waals surface area (Å²) in [6.07, 6.45) is 0.939. The number of nitrogens with one attached hydrogen (secondary N) is 1. The minimum absolute atomic E-state index is 0.00347. The molecule has 1 aromatic rings. The Labute approximate surface area is 124 Å². The zero-order valence-corrected chi connectivity index (χ0v) is 12.1. The first kappa shape index (κ1) is 14.1. The van der Waals surface area contributed by atoms with E-state index in [9.17, 15) is 9.59 Å². The molecule has 0 saturated carbocycles. The van der Waals surface area contributed by atoms with Gasteiger partial charge in [-0.05, 0) is 18.9 Å². The first-order valence-electron chi connectivity index (χ1n) is 7.40. The second kappa shape index (κ2) is 5.85. The molecule has 1 N–H and O–H groups in total. The number of benzene rings is 1. The van der Waals surface area contributed by atoms with Gasteiger partial charge in [-0.2, -0.15) is 0 Å². The number of nitrogens with zero attached hydrogens (tertiary/aromatic N) is 1. The fourth-order valence-corrected chi connectivity index (χ4v) is 3.19. The molecule has 21 heavy (non-hydrogen) atoms. The molecule has 2 amide bonds. The van der Waals surface area contributed by atoms with Crippen LogP contribution in [0.4, 0.5) is 0 Å². The molecule has 2 aliphatic rings. The third-order valence-electron chi connectivity index (χ3n) is 4.43. The highest BCUT2D eigenvalue weighted by Crippen LogP contribution is 2.31. The predicted molar refractivity (Wildman–Crippen MR) is 77.4 cm³/mol. The number of hydrogen-bond donors (Lipinski definition) is 1. The predicted octanol–water partition coefficient (Wildman–Crippen LogP) is 1.11. The Hall–Kier alpha value is -1.88. The van der Waals surface area contributed by atoms with Crippen LogP contribution in [-0.4, -0.2) is 42.5 Å². The summed E-state index contributed by atoms with van der Waals surface area (Å²) in [5.74, 6) is 0.167. The second-order valence-electron chi connectivity index (χ2n) is 5.70. The molecule has 0 radical (unpaired) electrons. The molecule has 0 aromatic heterocycles. The van der Waals surface area contributed by atoms with Gasteiger partial charge < -0.3 is 15.0 Å². The van der Waals surface area contributed by atoms with Gasteiger partial charge in [-0.25, -0.2) is 0 Å². The first-order chi connectivity index (χ1) is 10.2. The lowest BCUT2D eigenvalue weighted by Crippen LogP contribution is -2.57. The average Bonchev–Trinajstić information content (AvgIpc) is 3.04. The van der Waals surface area contributed by atoms with Crippen LogP contribution in [0.1, 0.15) is 24.9 Å². The molecule has 3 atom stereocenters. The lowest BCUT2D eigenvalue weighted by atomic mass is 9.93. The van der Waals surface area contributed by atoms with Crippen LogP contribution in [0.3, 0.4) is 0 Å². The van der Waals surface area contributed by atoms with Crippen molar-refractivity contribution in [1.82, 2.24) is 10.2 Å². The van der Waals surface area contributed by atoms with Crippen molar-refractivity contribution in [2.45, 2.75) is 25.4 Å². The molecule has 3 unspecified atom stereocenters. The minimum Gasteiger partial charge on any atom is -0.381 e. The first-order valence-corrected chi connectivity index (χ1v) is 7.40. The van der Waals surface area contributed by atoms with Crippen molar-refractivity contribution in [3.05, 3.63) is 35.9 Å². The molecule has 5 nitrogen and oxygen atoms in total. The fraction of sp³-hybridized carbons (Fsp3) is 0.500. The molecule has 0 bridgehead atoms. The summed E-state index contributed by atoms with van der Waals surface area (Å²) >= 11 is 0. The van der Waals surface area contributed by atoms with E-state index in [-0.39, 0.29) is 24.4 Å². The van der Waals surface area contributed by atoms with Crippen LogP contribution < -0.4 is 5.32 Å². The summed E-state index contributed by atoms with van der Waals surface area (Å²) in [5, 5.41) is 2.69. The maximum absolute atomic E-state index is 12.4. The van der Waals surface area contributed by atoms with Crippen LogP contribution in [0.25, 0.3) is 0 Å². The summed E-state index contributed by atoms with van der Waals surface area (Å²) in [7, 11) is 0. The van der Waals surface area contributed by atoms with Crippen LogP contribution in [0.15, 0.2) is 30.3 Å². The Morgan fingerprint density at radius 1 is 1.29 bits per heavy atom. The van der Waals surface area contributed by atoms with Crippen molar-refractivity contribution in [2.75, 3.05) is 19.8 Å². The van der Waals surface area contributed by atoms with Crippen LogP contribution >= 0.6 is 0 Å². The van der Waals surface area contributed by atoms with E-state index >= 15 is 0 Å². The van der Waals surface area contributed by atoms with Gasteiger partial charge >= 0.3 is 0 Å². The van der Waals surface area contributed by atoms with E-state index in [1.54, 1.807) is 4.90 Å². The Bertz CT molecular complexity index is 526. The number of carbonyl (C=O) groups excluding carboxylic acids is 2. The van der Waals surface area contributed by atoms with Gasteiger partial charge in [-0.15, -0.1) is 0 Å². The van der Waals surface area contributed by atoms with Crippen molar-refractivity contribution in [2.24, 2.45) is 5.92 Å². The number of rotatable bonds is 3. The zero-order chi connectivity index (χ0) is 14.8. The monoisotopic (exact) mass is 288 g/mol. The number of ether oxygens (including phenoxy) is 1. The lowest BCUT2D eigenvalue weighted by Gasteiger charge is -2.41. The Morgan fingerprint density at radius 2 is 2.05 bits per heavy atom. The normalized spacial score (nSPS) is 27.6. The average molecular weight is 288 g/mol. The Kier molecular flexibility index (Phi) is 3.92. The third kappa shape index (κ3) is 2.65. The number of piperazine rings is 1. The zero-order valence-electron chi connectivity index (χ0n) is 12.1. The van der Waals surface area contributed by atoms with E-state index in [2.05, 4.69) is 5.32 Å². The number of carbonyl (C=O) groups is 2. The number of hydrogen-bond acceptors (Lipinski definition) is 3. The van der Waals surface area contributed by atoms with Crippen molar-refractivity contribution in [3.8, 4) is 0 Å². The maximum atomic E-state index is 12.4. The standard InChI is InChI=1S/C16H20N2O3/c1-11(13-7-8-21-10-13)18-14(19)9-17-16(20)15(18)12-5-3-2-4-6-12/h2-6,11,13,15H,7-10H2,1H3,(H,17,20). The van der Waals surface area contributed by atoms with Gasteiger partial charge in [-0.3, -0.25) is 9.59 Å². The van der Waals surface area contributed by atoms with Crippen LogP contribution in [0, 0.1) is 5.92 Å². The molecule has 0 spiro atoms. The van der Waals surface area contributed by atoms with E-state index in [0.717, 1.165) is 18.6 Å². The van der Waals surface area contributed by atoms with E-state index < -0.39 is 6.04 Å². The highest BCUT2D eigenvalue weighted by Gasteiger charge is 2.41. The quantitative estimate of drug-likeness (QED) is 0.906. The maximum Gasteiger partial charge on any atom is 0.247 e. The highest BCUT2D eigenvalue weighted by atomic mass is 16.5. The molecule has 2 fully saturated rings. The topological polar surface area (TPSA) is 58.6 Å². The van der Waals surface area contributed by atoms with E-state index in [1.165, 1.54) is 0 Å². The van der Waals surface area contributed by atoms with Gasteiger partial charge in [-0.1, -0.05) is 30.3 Å². The van der Waals surface area contributed by atoms with Crippen molar-refractivity contribution in [3.63, 3.8) is 0 Å². The van der Waals surface area contributed by atoms with Crippen LogP contribution in [0.5, 0.6) is 0 Å². The lowest BCUT2D eigenvalue weighted by molar-refractivity contribution is -0.149. The number of amides is 2. The summed E-state index contributed by atoms with van der Waals surface area (Å²) in [6, 6.07) is 8.94. The highest BCUT2D eigenvalue weighted by molar-refractivity contribution is 5.95. The Morgan fingerprint density at radius 3 is 2.71 bits per heavy atom. The second-order valence-corrected chi connectivity index (χ2v) is 5.70. The van der Waals surface area contributed by atoms with Gasteiger partial charge in [0.05, 0.1) is 13.2 Å². The van der Waals surface area contributed by atoms with Gasteiger partial charge in [0.15, 0.2) is 0 Å². The van der Waals surface area contributed by atoms with Crippen molar-refractivity contribution < 1.29 is 14.3 Å². The van der Waals surface area contributed by atoms with E-state index in [4.69, 9.17) is 4.74 Å². The molecule has 1 aromatic carbocycles. The van der Waals surface area contributed by atoms with Crippen molar-refractivity contribution in [1.29, 1.82) is 0 Å². The molecule has 0 aliphatic carbocycles. The minimum atomic E-state index is -0.539. The van der Waals surface area contributed by atoms with Gasteiger partial charge in [0.1, 0.15) is 6.04 Å². The molecule has 3 rings (SSSR count). The van der Waals surface area contributed by atoms with E-state index in [1.807, 2.05) is 37.3 Å². The summed E-state index contributed by atoms with van der Waals surface area (Å²) in [5.41, 5.74) is 0.855. The molecule has 2 aliphatic heterocycles. The SMILES string of the molecule is CC(C1CCOC1)N1C(=O)CNC(=O)C1c1ccccc1. The smallest absolute Gasteiger partial charge is 0.247 e. The van der Waals surface area contributed by atoms with Crippen LogP contribution in [0.2, 0.25) is 0 Å². The Balaban J connectivity index is 1.92. The largest absolute Gasteiger partial charge is 0.381 e. The summed E-state index contributed by atoms with van der Waals surface area (Å²) in [6.45, 7) is 3.50. The molecule has 2 saturated heterocycles. The van der Waals surface area contributed by atoms with E-state index in [0.29, 0.717) is 12.5 Å². The third-order valence-corrected chi connectivity index (χ3v) is 4.43.